The number of hydrogen-bond donors (Lipinski definition) is 2. The number of aromatic nitrogens is 2. The van der Waals surface area contributed by atoms with E-state index in [9.17, 15) is 13.6 Å². The first kappa shape index (κ1) is 21.5. The molecule has 32 heavy (non-hydrogen) atoms. The van der Waals surface area contributed by atoms with Crippen LogP contribution in [0.15, 0.2) is 48.5 Å². The zero-order valence-electron chi connectivity index (χ0n) is 17.9. The number of nitrogens with one attached hydrogen (secondary N) is 2. The van der Waals surface area contributed by atoms with Crippen molar-refractivity contribution in [2.75, 3.05) is 41.7 Å². The van der Waals surface area contributed by atoms with Gasteiger partial charge in [-0.3, -0.25) is 0 Å². The third-order valence-electron chi connectivity index (χ3n) is 5.21. The lowest BCUT2D eigenvalue weighted by Crippen LogP contribution is -2.50. The molecule has 0 unspecified atom stereocenters. The molecule has 7 nitrogen and oxygen atoms in total. The van der Waals surface area contributed by atoms with Gasteiger partial charge in [-0.05, 0) is 38.1 Å². The van der Waals surface area contributed by atoms with Crippen molar-refractivity contribution in [3.8, 4) is 0 Å². The van der Waals surface area contributed by atoms with Crippen LogP contribution in [0.1, 0.15) is 11.4 Å². The zero-order chi connectivity index (χ0) is 22.7. The smallest absolute Gasteiger partial charge is 0.321 e. The van der Waals surface area contributed by atoms with Gasteiger partial charge in [0.05, 0.1) is 0 Å². The molecule has 1 aliphatic heterocycles. The van der Waals surface area contributed by atoms with Crippen molar-refractivity contribution in [3.05, 3.63) is 71.6 Å². The Morgan fingerprint density at radius 3 is 2.25 bits per heavy atom. The summed E-state index contributed by atoms with van der Waals surface area (Å²) in [6.45, 7) is 6.00. The molecule has 1 fully saturated rings. The van der Waals surface area contributed by atoms with Crippen LogP contribution < -0.4 is 15.5 Å². The van der Waals surface area contributed by atoms with Gasteiger partial charge >= 0.3 is 6.03 Å². The number of hydrogen-bond acceptors (Lipinski definition) is 5. The molecule has 1 aromatic heterocycles. The van der Waals surface area contributed by atoms with Crippen LogP contribution >= 0.6 is 0 Å². The highest BCUT2D eigenvalue weighted by Gasteiger charge is 2.23. The zero-order valence-corrected chi connectivity index (χ0v) is 17.9. The molecule has 0 bridgehead atoms. The van der Waals surface area contributed by atoms with Crippen molar-refractivity contribution in [2.24, 2.45) is 0 Å². The number of carbonyl (C=O) groups excluding carboxylic acids is 1. The number of benzene rings is 2. The van der Waals surface area contributed by atoms with Gasteiger partial charge in [0.15, 0.2) is 11.6 Å². The van der Waals surface area contributed by atoms with Gasteiger partial charge in [0.25, 0.3) is 0 Å². The summed E-state index contributed by atoms with van der Waals surface area (Å²) < 4.78 is 26.4. The Balaban J connectivity index is 1.38. The molecule has 2 heterocycles. The average Bonchev–Trinajstić information content (AvgIpc) is 2.77. The maximum absolute atomic E-state index is 13.4. The Morgan fingerprint density at radius 2 is 1.56 bits per heavy atom. The number of halogens is 2. The first-order chi connectivity index (χ1) is 15.4. The van der Waals surface area contributed by atoms with Crippen LogP contribution in [0.3, 0.4) is 0 Å². The highest BCUT2D eigenvalue weighted by Crippen LogP contribution is 2.22. The largest absolute Gasteiger partial charge is 0.353 e. The molecule has 4 rings (SSSR count). The predicted molar refractivity (Wildman–Crippen MR) is 120 cm³/mol. The van der Waals surface area contributed by atoms with Crippen molar-refractivity contribution in [3.63, 3.8) is 0 Å². The third-order valence-corrected chi connectivity index (χ3v) is 5.21. The van der Waals surface area contributed by atoms with Crippen LogP contribution in [-0.4, -0.2) is 47.1 Å². The molecular formula is C23H24F2N6O. The summed E-state index contributed by atoms with van der Waals surface area (Å²) >= 11 is 0. The minimum Gasteiger partial charge on any atom is -0.353 e. The topological polar surface area (TPSA) is 73.4 Å². The summed E-state index contributed by atoms with van der Waals surface area (Å²) in [5, 5.41) is 5.91. The average molecular weight is 438 g/mol. The second-order valence-electron chi connectivity index (χ2n) is 7.68. The Kier molecular flexibility index (Phi) is 6.16. The monoisotopic (exact) mass is 438 g/mol. The van der Waals surface area contributed by atoms with Crippen LogP contribution in [0.2, 0.25) is 0 Å². The van der Waals surface area contributed by atoms with E-state index < -0.39 is 11.6 Å². The number of amides is 2. The van der Waals surface area contributed by atoms with E-state index in [0.29, 0.717) is 37.8 Å². The highest BCUT2D eigenvalue weighted by atomic mass is 19.2. The van der Waals surface area contributed by atoms with Gasteiger partial charge in [-0.1, -0.05) is 17.7 Å². The number of urea groups is 1. The molecule has 9 heteroatoms. The molecule has 1 aliphatic rings. The summed E-state index contributed by atoms with van der Waals surface area (Å²) in [5.74, 6) is 0.188. The predicted octanol–water partition coefficient (Wildman–Crippen LogP) is 4.47. The first-order valence-electron chi connectivity index (χ1n) is 10.3. The fourth-order valence-electron chi connectivity index (χ4n) is 3.48. The summed E-state index contributed by atoms with van der Waals surface area (Å²) in [6.07, 6.45) is 0. The Labute approximate surface area is 185 Å². The van der Waals surface area contributed by atoms with E-state index in [1.165, 1.54) is 11.6 Å². The molecule has 0 atom stereocenters. The van der Waals surface area contributed by atoms with Crippen molar-refractivity contribution >= 4 is 29.0 Å². The first-order valence-corrected chi connectivity index (χ1v) is 10.3. The molecule has 1 saturated heterocycles. The van der Waals surface area contributed by atoms with Crippen LogP contribution in [0.4, 0.5) is 36.6 Å². The number of piperazine rings is 1. The lowest BCUT2D eigenvalue weighted by molar-refractivity contribution is 0.208. The molecule has 0 aliphatic carbocycles. The molecule has 2 amide bonds. The van der Waals surface area contributed by atoms with Crippen molar-refractivity contribution in [1.82, 2.24) is 14.9 Å². The molecule has 2 N–H and O–H groups in total. The highest BCUT2D eigenvalue weighted by molar-refractivity contribution is 5.89. The quantitative estimate of drug-likeness (QED) is 0.629. The molecule has 3 aromatic rings. The number of aryl methyl sites for hydroxylation is 2. The Morgan fingerprint density at radius 1 is 0.875 bits per heavy atom. The summed E-state index contributed by atoms with van der Waals surface area (Å²) in [6, 6.07) is 12.9. The van der Waals surface area contributed by atoms with E-state index in [1.54, 1.807) is 4.90 Å². The minimum absolute atomic E-state index is 0.217. The second-order valence-corrected chi connectivity index (χ2v) is 7.68. The van der Waals surface area contributed by atoms with Gasteiger partial charge in [0, 0.05) is 49.7 Å². The van der Waals surface area contributed by atoms with Gasteiger partial charge in [-0.2, -0.15) is 0 Å². The van der Waals surface area contributed by atoms with Crippen molar-refractivity contribution < 1.29 is 13.6 Å². The van der Waals surface area contributed by atoms with Gasteiger partial charge in [0.2, 0.25) is 0 Å². The number of nitrogens with zero attached hydrogens (tertiary/aromatic N) is 4. The van der Waals surface area contributed by atoms with Crippen molar-refractivity contribution in [1.29, 1.82) is 0 Å². The van der Waals surface area contributed by atoms with E-state index >= 15 is 0 Å². The summed E-state index contributed by atoms with van der Waals surface area (Å²) in [7, 11) is 0. The maximum Gasteiger partial charge on any atom is 0.321 e. The molecule has 0 radical (unpaired) electrons. The maximum atomic E-state index is 13.4. The lowest BCUT2D eigenvalue weighted by atomic mass is 10.2. The lowest BCUT2D eigenvalue weighted by Gasteiger charge is -2.35. The van der Waals surface area contributed by atoms with Crippen LogP contribution in [0, 0.1) is 25.5 Å². The fourth-order valence-corrected chi connectivity index (χ4v) is 3.48. The standard InChI is InChI=1S/C23H24F2N6O/c1-15-3-5-17(6-4-15)28-21-14-22(27-16(2)26-21)30-9-11-31(12-10-30)23(32)29-18-7-8-19(24)20(25)13-18/h3-8,13-14H,9-12H2,1-2H3,(H,29,32)(H,26,27,28). The summed E-state index contributed by atoms with van der Waals surface area (Å²) in [5.41, 5.74) is 2.34. The Hall–Kier alpha value is -3.75. The van der Waals surface area contributed by atoms with E-state index in [0.717, 1.165) is 23.6 Å². The van der Waals surface area contributed by atoms with Crippen LogP contribution in [0.25, 0.3) is 0 Å². The normalized spacial score (nSPS) is 13.8. The van der Waals surface area contributed by atoms with E-state index in [4.69, 9.17) is 0 Å². The van der Waals surface area contributed by atoms with E-state index in [-0.39, 0.29) is 11.7 Å². The molecule has 2 aromatic carbocycles. The second kappa shape index (κ2) is 9.17. The van der Waals surface area contributed by atoms with Gasteiger partial charge in [-0.15, -0.1) is 0 Å². The van der Waals surface area contributed by atoms with Crippen LogP contribution in [-0.2, 0) is 0 Å². The fraction of sp³-hybridized carbons (Fsp3) is 0.261. The number of carbonyl (C=O) groups is 1. The van der Waals surface area contributed by atoms with Gasteiger partial charge in [-0.25, -0.2) is 23.5 Å². The minimum atomic E-state index is -0.998. The molecular weight excluding hydrogens is 414 g/mol. The van der Waals surface area contributed by atoms with E-state index in [1.807, 2.05) is 44.2 Å². The summed E-state index contributed by atoms with van der Waals surface area (Å²) in [4.78, 5) is 25.2. The van der Waals surface area contributed by atoms with E-state index in [2.05, 4.69) is 25.5 Å². The Bertz CT molecular complexity index is 1110. The number of rotatable bonds is 4. The van der Waals surface area contributed by atoms with Gasteiger partial charge < -0.3 is 20.4 Å². The van der Waals surface area contributed by atoms with Gasteiger partial charge in [0.1, 0.15) is 17.5 Å². The number of anilines is 4. The van der Waals surface area contributed by atoms with Crippen molar-refractivity contribution in [2.45, 2.75) is 13.8 Å². The third kappa shape index (κ3) is 5.11. The molecule has 0 spiro atoms. The van der Waals surface area contributed by atoms with Crippen LogP contribution in [0.5, 0.6) is 0 Å². The molecule has 0 saturated carbocycles. The SMILES string of the molecule is Cc1ccc(Nc2cc(N3CCN(C(=O)Nc4ccc(F)c(F)c4)CC3)nc(C)n2)cc1. The molecule has 166 valence electrons.